The lowest BCUT2D eigenvalue weighted by Gasteiger charge is -2.12. The molecule has 4 rings (SSSR count). The molecule has 3 heterocycles. The summed E-state index contributed by atoms with van der Waals surface area (Å²) >= 11 is 0. The van der Waals surface area contributed by atoms with Crippen LogP contribution in [0.1, 0.15) is 6.42 Å². The van der Waals surface area contributed by atoms with E-state index in [2.05, 4.69) is 19.9 Å². The predicted molar refractivity (Wildman–Crippen MR) is 113 cm³/mol. The van der Waals surface area contributed by atoms with Crippen molar-refractivity contribution in [2.75, 3.05) is 19.0 Å². The lowest BCUT2D eigenvalue weighted by molar-refractivity contribution is 0.416. The summed E-state index contributed by atoms with van der Waals surface area (Å²) in [4.78, 5) is 17.6. The molecule has 0 bridgehead atoms. The van der Waals surface area contributed by atoms with Gasteiger partial charge < -0.3 is 14.6 Å². The van der Waals surface area contributed by atoms with Gasteiger partial charge in [-0.2, -0.15) is 0 Å². The Morgan fingerprint density at radius 2 is 1.86 bits per heavy atom. The molecule has 0 aliphatic heterocycles. The van der Waals surface area contributed by atoms with Crippen LogP contribution in [-0.4, -0.2) is 38.2 Å². The molecule has 0 spiro atoms. The summed E-state index contributed by atoms with van der Waals surface area (Å²) in [5.41, 5.74) is 2.65. The number of aryl methyl sites for hydroxylation is 1. The van der Waals surface area contributed by atoms with E-state index in [1.54, 1.807) is 25.7 Å². The van der Waals surface area contributed by atoms with Gasteiger partial charge in [-0.15, -0.1) is 0 Å². The van der Waals surface area contributed by atoms with E-state index >= 15 is 0 Å². The highest BCUT2D eigenvalue weighted by Crippen LogP contribution is 2.31. The van der Waals surface area contributed by atoms with E-state index in [-0.39, 0.29) is 0 Å². The van der Waals surface area contributed by atoms with Crippen molar-refractivity contribution < 1.29 is 4.74 Å². The molecule has 0 amide bonds. The van der Waals surface area contributed by atoms with Crippen LogP contribution in [0.15, 0.2) is 73.6 Å². The van der Waals surface area contributed by atoms with Gasteiger partial charge >= 0.3 is 0 Å². The molecule has 0 aliphatic carbocycles. The standard InChI is InChI=1S/C22H22N6O/c1-29-20-6-3-2-5-18(20)19-15-21(25-9-4-13-28-14-12-24-16-28)27-22(26-19)17-7-10-23-11-8-17/h2-3,5-8,10-12,14-16H,4,9,13H2,1H3,(H,25,26,27). The number of nitrogens with zero attached hydrogens (tertiary/aromatic N) is 5. The number of hydrogen-bond acceptors (Lipinski definition) is 6. The Labute approximate surface area is 169 Å². The summed E-state index contributed by atoms with van der Waals surface area (Å²) in [7, 11) is 1.67. The van der Waals surface area contributed by atoms with Gasteiger partial charge in [0, 0.05) is 55.1 Å². The molecular formula is C22H22N6O. The van der Waals surface area contributed by atoms with Crippen molar-refractivity contribution in [3.05, 3.63) is 73.6 Å². The van der Waals surface area contributed by atoms with Crippen LogP contribution in [0.25, 0.3) is 22.6 Å². The number of rotatable bonds is 8. The number of benzene rings is 1. The normalized spacial score (nSPS) is 10.7. The number of para-hydroxylation sites is 1. The van der Waals surface area contributed by atoms with Gasteiger partial charge in [-0.05, 0) is 30.7 Å². The minimum absolute atomic E-state index is 0.646. The quantitative estimate of drug-likeness (QED) is 0.463. The Hall–Kier alpha value is -3.74. The summed E-state index contributed by atoms with van der Waals surface area (Å²) < 4.78 is 7.59. The van der Waals surface area contributed by atoms with Gasteiger partial charge in [-0.3, -0.25) is 4.98 Å². The van der Waals surface area contributed by atoms with Crippen molar-refractivity contribution in [1.29, 1.82) is 0 Å². The molecule has 0 unspecified atom stereocenters. The van der Waals surface area contributed by atoms with E-state index in [9.17, 15) is 0 Å². The largest absolute Gasteiger partial charge is 0.496 e. The van der Waals surface area contributed by atoms with Crippen LogP contribution in [-0.2, 0) is 6.54 Å². The average Bonchev–Trinajstić information content (AvgIpc) is 3.31. The maximum Gasteiger partial charge on any atom is 0.162 e. The van der Waals surface area contributed by atoms with Crippen LogP contribution in [0.5, 0.6) is 5.75 Å². The van der Waals surface area contributed by atoms with Gasteiger partial charge in [0.05, 0.1) is 19.1 Å². The fraction of sp³-hybridized carbons (Fsp3) is 0.182. The third-order valence-electron chi connectivity index (χ3n) is 4.51. The first-order valence-electron chi connectivity index (χ1n) is 9.46. The van der Waals surface area contributed by atoms with E-state index in [1.165, 1.54) is 0 Å². The first-order valence-corrected chi connectivity index (χ1v) is 9.46. The van der Waals surface area contributed by atoms with Gasteiger partial charge in [0.15, 0.2) is 5.82 Å². The number of ether oxygens (including phenoxy) is 1. The number of pyridine rings is 1. The second-order valence-corrected chi connectivity index (χ2v) is 6.48. The maximum absolute atomic E-state index is 5.53. The van der Waals surface area contributed by atoms with Crippen molar-refractivity contribution in [1.82, 2.24) is 24.5 Å². The van der Waals surface area contributed by atoms with Crippen LogP contribution in [0, 0.1) is 0 Å². The first kappa shape index (κ1) is 18.6. The van der Waals surface area contributed by atoms with E-state index in [0.717, 1.165) is 47.9 Å². The molecule has 4 aromatic rings. The van der Waals surface area contributed by atoms with E-state index in [0.29, 0.717) is 5.82 Å². The second kappa shape index (κ2) is 8.97. The molecule has 0 atom stereocenters. The summed E-state index contributed by atoms with van der Waals surface area (Å²) in [5, 5.41) is 3.42. The fourth-order valence-electron chi connectivity index (χ4n) is 3.06. The smallest absolute Gasteiger partial charge is 0.162 e. The monoisotopic (exact) mass is 386 g/mol. The molecule has 0 fully saturated rings. The molecule has 1 N–H and O–H groups in total. The molecule has 146 valence electrons. The molecule has 3 aromatic heterocycles. The van der Waals surface area contributed by atoms with Crippen LogP contribution < -0.4 is 10.1 Å². The van der Waals surface area contributed by atoms with E-state index < -0.39 is 0 Å². The SMILES string of the molecule is COc1ccccc1-c1cc(NCCCn2ccnc2)nc(-c2ccncc2)n1. The zero-order chi connectivity index (χ0) is 19.9. The number of imidazole rings is 1. The Morgan fingerprint density at radius 1 is 1.00 bits per heavy atom. The lowest BCUT2D eigenvalue weighted by Crippen LogP contribution is -2.08. The van der Waals surface area contributed by atoms with Gasteiger partial charge in [0.2, 0.25) is 0 Å². The van der Waals surface area contributed by atoms with Gasteiger partial charge in [0.25, 0.3) is 0 Å². The predicted octanol–water partition coefficient (Wildman–Crippen LogP) is 3.91. The zero-order valence-corrected chi connectivity index (χ0v) is 16.2. The van der Waals surface area contributed by atoms with Crippen LogP contribution in [0.4, 0.5) is 5.82 Å². The van der Waals surface area contributed by atoms with Crippen molar-refractivity contribution in [3.8, 4) is 28.4 Å². The molecule has 0 saturated carbocycles. The number of anilines is 1. The highest BCUT2D eigenvalue weighted by molar-refractivity contribution is 5.72. The molecule has 29 heavy (non-hydrogen) atoms. The molecule has 0 aliphatic rings. The average molecular weight is 386 g/mol. The zero-order valence-electron chi connectivity index (χ0n) is 16.2. The first-order chi connectivity index (χ1) is 14.3. The molecule has 1 aromatic carbocycles. The van der Waals surface area contributed by atoms with Crippen molar-refractivity contribution in [3.63, 3.8) is 0 Å². The Balaban J connectivity index is 1.61. The molecule has 7 nitrogen and oxygen atoms in total. The number of methoxy groups -OCH3 is 1. The number of nitrogens with one attached hydrogen (secondary N) is 1. The van der Waals surface area contributed by atoms with E-state index in [1.807, 2.05) is 55.0 Å². The summed E-state index contributed by atoms with van der Waals surface area (Å²) in [6.07, 6.45) is 10.0. The lowest BCUT2D eigenvalue weighted by atomic mass is 10.1. The Morgan fingerprint density at radius 3 is 2.66 bits per heavy atom. The third kappa shape index (κ3) is 4.57. The minimum Gasteiger partial charge on any atom is -0.496 e. The van der Waals surface area contributed by atoms with Crippen molar-refractivity contribution in [2.45, 2.75) is 13.0 Å². The Bertz CT molecular complexity index is 1050. The van der Waals surface area contributed by atoms with Crippen molar-refractivity contribution >= 4 is 5.82 Å². The highest BCUT2D eigenvalue weighted by atomic mass is 16.5. The maximum atomic E-state index is 5.53. The van der Waals surface area contributed by atoms with Crippen LogP contribution in [0.3, 0.4) is 0 Å². The Kier molecular flexibility index (Phi) is 5.76. The molecule has 0 saturated heterocycles. The summed E-state index contributed by atoms with van der Waals surface area (Å²) in [5.74, 6) is 2.20. The number of aromatic nitrogens is 5. The summed E-state index contributed by atoms with van der Waals surface area (Å²) in [6, 6.07) is 13.6. The molecule has 0 radical (unpaired) electrons. The fourth-order valence-corrected chi connectivity index (χ4v) is 3.06. The van der Waals surface area contributed by atoms with Crippen LogP contribution >= 0.6 is 0 Å². The summed E-state index contributed by atoms with van der Waals surface area (Å²) in [6.45, 7) is 1.69. The van der Waals surface area contributed by atoms with Crippen molar-refractivity contribution in [2.24, 2.45) is 0 Å². The third-order valence-corrected chi connectivity index (χ3v) is 4.51. The second-order valence-electron chi connectivity index (χ2n) is 6.48. The highest BCUT2D eigenvalue weighted by Gasteiger charge is 2.12. The minimum atomic E-state index is 0.646. The molecular weight excluding hydrogens is 364 g/mol. The molecule has 7 heteroatoms. The van der Waals surface area contributed by atoms with Crippen LogP contribution in [0.2, 0.25) is 0 Å². The van der Waals surface area contributed by atoms with E-state index in [4.69, 9.17) is 14.7 Å². The topological polar surface area (TPSA) is 77.8 Å². The van der Waals surface area contributed by atoms with Gasteiger partial charge in [-0.1, -0.05) is 12.1 Å². The number of hydrogen-bond donors (Lipinski definition) is 1. The van der Waals surface area contributed by atoms with Gasteiger partial charge in [-0.25, -0.2) is 15.0 Å². The van der Waals surface area contributed by atoms with Gasteiger partial charge in [0.1, 0.15) is 11.6 Å².